The summed E-state index contributed by atoms with van der Waals surface area (Å²) in [4.78, 5) is 38.6. The third-order valence-corrected chi connectivity index (χ3v) is 5.92. The SMILES string of the molecule is CC(C(=O)NCC1(C)CCNCC1)N1C(=O)NC2(CCCC2)C1=O.Cl. The molecule has 4 amide bonds. The van der Waals surface area contributed by atoms with Crippen LogP contribution < -0.4 is 16.0 Å². The molecule has 2 aliphatic heterocycles. The third kappa shape index (κ3) is 3.77. The van der Waals surface area contributed by atoms with Gasteiger partial charge in [-0.05, 0) is 51.1 Å². The monoisotopic (exact) mass is 372 g/mol. The molecule has 1 saturated carbocycles. The first-order valence-electron chi connectivity index (χ1n) is 9.01. The summed E-state index contributed by atoms with van der Waals surface area (Å²) >= 11 is 0. The summed E-state index contributed by atoms with van der Waals surface area (Å²) in [6, 6.07) is -1.21. The molecule has 0 bridgehead atoms. The van der Waals surface area contributed by atoms with E-state index in [-0.39, 0.29) is 29.6 Å². The minimum atomic E-state index is -0.775. The molecule has 1 atom stereocenters. The van der Waals surface area contributed by atoms with Crippen LogP contribution in [0.3, 0.4) is 0 Å². The number of carbonyl (C=O) groups excluding carboxylic acids is 3. The van der Waals surface area contributed by atoms with Crippen LogP contribution in [0, 0.1) is 5.41 Å². The number of hydrogen-bond donors (Lipinski definition) is 3. The summed E-state index contributed by atoms with van der Waals surface area (Å²) < 4.78 is 0. The highest BCUT2D eigenvalue weighted by Crippen LogP contribution is 2.35. The van der Waals surface area contributed by atoms with Gasteiger partial charge in [-0.2, -0.15) is 0 Å². The molecule has 1 unspecified atom stereocenters. The zero-order valence-electron chi connectivity index (χ0n) is 15.0. The van der Waals surface area contributed by atoms with Gasteiger partial charge in [0, 0.05) is 6.54 Å². The molecule has 3 fully saturated rings. The van der Waals surface area contributed by atoms with Gasteiger partial charge in [0.05, 0.1) is 0 Å². The van der Waals surface area contributed by atoms with Gasteiger partial charge in [-0.15, -0.1) is 12.4 Å². The Labute approximate surface area is 155 Å². The van der Waals surface area contributed by atoms with Crippen molar-refractivity contribution in [2.45, 2.75) is 64.0 Å². The van der Waals surface area contributed by atoms with Gasteiger partial charge in [0.2, 0.25) is 5.91 Å². The highest BCUT2D eigenvalue weighted by atomic mass is 35.5. The van der Waals surface area contributed by atoms with Crippen molar-refractivity contribution in [2.24, 2.45) is 5.41 Å². The Morgan fingerprint density at radius 3 is 2.40 bits per heavy atom. The van der Waals surface area contributed by atoms with E-state index in [1.54, 1.807) is 6.92 Å². The molecule has 2 saturated heterocycles. The second kappa shape index (κ2) is 7.50. The number of carbonyl (C=O) groups is 3. The van der Waals surface area contributed by atoms with Crippen molar-refractivity contribution in [2.75, 3.05) is 19.6 Å². The fourth-order valence-electron chi connectivity index (χ4n) is 4.08. The Morgan fingerprint density at radius 1 is 1.20 bits per heavy atom. The summed E-state index contributed by atoms with van der Waals surface area (Å²) in [7, 11) is 0. The van der Waals surface area contributed by atoms with Crippen molar-refractivity contribution in [3.63, 3.8) is 0 Å². The van der Waals surface area contributed by atoms with Gasteiger partial charge in [0.25, 0.3) is 5.91 Å². The van der Waals surface area contributed by atoms with E-state index in [1.165, 1.54) is 0 Å². The number of hydrogen-bond acceptors (Lipinski definition) is 4. The lowest BCUT2D eigenvalue weighted by Crippen LogP contribution is -2.52. The first kappa shape index (κ1) is 20.0. The maximum absolute atomic E-state index is 12.7. The van der Waals surface area contributed by atoms with Crippen LogP contribution in [0.15, 0.2) is 0 Å². The van der Waals surface area contributed by atoms with E-state index in [1.807, 2.05) is 0 Å². The van der Waals surface area contributed by atoms with Gasteiger partial charge >= 0.3 is 6.03 Å². The van der Waals surface area contributed by atoms with Crippen molar-refractivity contribution in [1.29, 1.82) is 0 Å². The summed E-state index contributed by atoms with van der Waals surface area (Å²) in [5, 5.41) is 9.09. The van der Waals surface area contributed by atoms with Gasteiger partial charge in [-0.3, -0.25) is 9.59 Å². The third-order valence-electron chi connectivity index (χ3n) is 5.92. The molecule has 0 aromatic rings. The number of amides is 4. The number of nitrogens with zero attached hydrogens (tertiary/aromatic N) is 1. The minimum Gasteiger partial charge on any atom is -0.354 e. The zero-order valence-corrected chi connectivity index (χ0v) is 15.8. The van der Waals surface area contributed by atoms with E-state index >= 15 is 0 Å². The summed E-state index contributed by atoms with van der Waals surface area (Å²) in [5.74, 6) is -0.492. The van der Waals surface area contributed by atoms with Crippen LogP contribution >= 0.6 is 12.4 Å². The van der Waals surface area contributed by atoms with E-state index in [2.05, 4.69) is 22.9 Å². The Morgan fingerprint density at radius 2 is 1.80 bits per heavy atom. The topological polar surface area (TPSA) is 90.5 Å². The lowest BCUT2D eigenvalue weighted by molar-refractivity contribution is -0.138. The summed E-state index contributed by atoms with van der Waals surface area (Å²) in [5.41, 5.74) is -0.683. The van der Waals surface area contributed by atoms with Gasteiger partial charge < -0.3 is 16.0 Å². The number of halogens is 1. The molecule has 3 aliphatic rings. The van der Waals surface area contributed by atoms with Crippen molar-refractivity contribution in [3.8, 4) is 0 Å². The smallest absolute Gasteiger partial charge is 0.325 e. The first-order chi connectivity index (χ1) is 11.4. The van der Waals surface area contributed by atoms with E-state index in [0.717, 1.165) is 43.7 Å². The fourth-order valence-corrected chi connectivity index (χ4v) is 4.08. The molecular formula is C17H29ClN4O3. The first-order valence-corrected chi connectivity index (χ1v) is 9.01. The fraction of sp³-hybridized carbons (Fsp3) is 0.824. The zero-order chi connectivity index (χ0) is 17.4. The molecule has 1 spiro atoms. The standard InChI is InChI=1S/C17H28N4O3.ClH/c1-12(13(22)19-11-16(2)7-9-18-10-8-16)21-14(23)17(20-15(21)24)5-3-4-6-17;/h12,18H,3-11H2,1-2H3,(H,19,22)(H,20,24);1H. The van der Waals surface area contributed by atoms with Crippen LogP contribution in [0.2, 0.25) is 0 Å². The Kier molecular flexibility index (Phi) is 5.99. The second-order valence-corrected chi connectivity index (χ2v) is 7.85. The highest BCUT2D eigenvalue weighted by Gasteiger charge is 2.54. The van der Waals surface area contributed by atoms with Crippen LogP contribution in [0.25, 0.3) is 0 Å². The molecule has 0 aromatic carbocycles. The molecule has 7 nitrogen and oxygen atoms in total. The Bertz CT molecular complexity index is 542. The molecule has 8 heteroatoms. The molecule has 0 radical (unpaired) electrons. The number of piperidine rings is 1. The molecule has 25 heavy (non-hydrogen) atoms. The lowest BCUT2D eigenvalue weighted by atomic mass is 9.81. The number of rotatable bonds is 4. The maximum Gasteiger partial charge on any atom is 0.325 e. The maximum atomic E-state index is 12.7. The minimum absolute atomic E-state index is 0. The molecule has 142 valence electrons. The van der Waals surface area contributed by atoms with Crippen LogP contribution in [0.5, 0.6) is 0 Å². The Balaban J connectivity index is 0.00000225. The predicted molar refractivity (Wildman–Crippen MR) is 96.5 cm³/mol. The number of imide groups is 1. The van der Waals surface area contributed by atoms with Crippen LogP contribution in [-0.2, 0) is 9.59 Å². The van der Waals surface area contributed by atoms with Crippen molar-refractivity contribution in [3.05, 3.63) is 0 Å². The molecule has 3 rings (SSSR count). The number of nitrogens with one attached hydrogen (secondary N) is 3. The van der Waals surface area contributed by atoms with E-state index < -0.39 is 17.6 Å². The molecule has 2 heterocycles. The van der Waals surface area contributed by atoms with E-state index in [9.17, 15) is 14.4 Å². The largest absolute Gasteiger partial charge is 0.354 e. The molecule has 0 aromatic heterocycles. The van der Waals surface area contributed by atoms with Crippen LogP contribution in [-0.4, -0.2) is 54.0 Å². The quantitative estimate of drug-likeness (QED) is 0.646. The highest BCUT2D eigenvalue weighted by molar-refractivity contribution is 6.09. The number of urea groups is 1. The summed E-state index contributed by atoms with van der Waals surface area (Å²) in [6.07, 6.45) is 5.24. The molecule has 1 aliphatic carbocycles. The van der Waals surface area contributed by atoms with Gasteiger partial charge in [0.1, 0.15) is 11.6 Å². The average Bonchev–Trinajstić information content (AvgIpc) is 3.11. The van der Waals surface area contributed by atoms with E-state index in [4.69, 9.17) is 0 Å². The second-order valence-electron chi connectivity index (χ2n) is 7.85. The lowest BCUT2D eigenvalue weighted by Gasteiger charge is -2.34. The van der Waals surface area contributed by atoms with Gasteiger partial charge in [0.15, 0.2) is 0 Å². The van der Waals surface area contributed by atoms with Crippen molar-refractivity contribution >= 4 is 30.3 Å². The van der Waals surface area contributed by atoms with Gasteiger partial charge in [-0.25, -0.2) is 9.69 Å². The normalized spacial score (nSPS) is 25.4. The van der Waals surface area contributed by atoms with E-state index in [0.29, 0.717) is 19.4 Å². The van der Waals surface area contributed by atoms with Crippen LogP contribution in [0.1, 0.15) is 52.4 Å². The average molecular weight is 373 g/mol. The van der Waals surface area contributed by atoms with Crippen molar-refractivity contribution < 1.29 is 14.4 Å². The van der Waals surface area contributed by atoms with Gasteiger partial charge in [-0.1, -0.05) is 19.8 Å². The molecule has 3 N–H and O–H groups in total. The predicted octanol–water partition coefficient (Wildman–Crippen LogP) is 1.17. The van der Waals surface area contributed by atoms with Crippen molar-refractivity contribution in [1.82, 2.24) is 20.9 Å². The molecular weight excluding hydrogens is 344 g/mol. The Hall–Kier alpha value is -1.34. The van der Waals surface area contributed by atoms with Crippen LogP contribution in [0.4, 0.5) is 4.79 Å². The summed E-state index contributed by atoms with van der Waals surface area (Å²) in [6.45, 7) is 6.28.